The van der Waals surface area contributed by atoms with Crippen LogP contribution in [0.1, 0.15) is 28.4 Å². The summed E-state index contributed by atoms with van der Waals surface area (Å²) in [6, 6.07) is 12.1. The molecule has 2 aromatic carbocycles. The standard InChI is InChI=1S/C18H20N2O3/c1-12-7-8-17(9-13(12)2)23-11-19-18(22)20-16-6-4-5-15(10-16)14(3)21/h4-10H,11H2,1-3H3,(H2,19,20,22). The SMILES string of the molecule is CC(=O)c1cccc(NC(=O)NCOc2ccc(C)c(C)c2)c1. The second kappa shape index (κ2) is 7.45. The summed E-state index contributed by atoms with van der Waals surface area (Å²) in [5, 5.41) is 5.27. The molecule has 5 nitrogen and oxygen atoms in total. The number of Topliss-reactive ketones (excluding diaryl/α,β-unsaturated/α-hetero) is 1. The zero-order valence-corrected chi connectivity index (χ0v) is 13.5. The summed E-state index contributed by atoms with van der Waals surface area (Å²) in [6.45, 7) is 5.57. The lowest BCUT2D eigenvalue weighted by atomic mass is 10.1. The quantitative estimate of drug-likeness (QED) is 0.654. The number of nitrogens with one attached hydrogen (secondary N) is 2. The molecular formula is C18H20N2O3. The predicted octanol–water partition coefficient (Wildman–Crippen LogP) is 3.66. The maximum atomic E-state index is 11.8. The van der Waals surface area contributed by atoms with E-state index in [4.69, 9.17) is 4.74 Å². The van der Waals surface area contributed by atoms with Crippen LogP contribution in [0.15, 0.2) is 42.5 Å². The van der Waals surface area contributed by atoms with E-state index in [1.807, 2.05) is 32.0 Å². The molecule has 5 heteroatoms. The Kier molecular flexibility index (Phi) is 5.36. The monoisotopic (exact) mass is 312 g/mol. The normalized spacial score (nSPS) is 10.0. The van der Waals surface area contributed by atoms with Gasteiger partial charge in [0.15, 0.2) is 12.5 Å². The van der Waals surface area contributed by atoms with Crippen molar-refractivity contribution in [3.8, 4) is 5.75 Å². The molecule has 2 amide bonds. The Bertz CT molecular complexity index is 726. The molecule has 0 aliphatic heterocycles. The minimum absolute atomic E-state index is 0.0490. The molecule has 2 aromatic rings. The first-order valence-corrected chi connectivity index (χ1v) is 7.31. The molecule has 0 bridgehead atoms. The summed E-state index contributed by atoms with van der Waals surface area (Å²) in [4.78, 5) is 23.1. The number of ketones is 1. The first kappa shape index (κ1) is 16.5. The Balaban J connectivity index is 1.84. The molecule has 0 radical (unpaired) electrons. The fourth-order valence-corrected chi connectivity index (χ4v) is 1.98. The number of anilines is 1. The molecule has 0 unspecified atom stereocenters. The minimum atomic E-state index is -0.394. The summed E-state index contributed by atoms with van der Waals surface area (Å²) in [6.07, 6.45) is 0. The number of aryl methyl sites for hydroxylation is 2. The van der Waals surface area contributed by atoms with Crippen molar-refractivity contribution in [1.29, 1.82) is 0 Å². The van der Waals surface area contributed by atoms with Gasteiger partial charge < -0.3 is 15.4 Å². The number of hydrogen-bond donors (Lipinski definition) is 2. The van der Waals surface area contributed by atoms with Crippen molar-refractivity contribution in [3.63, 3.8) is 0 Å². The summed E-state index contributed by atoms with van der Waals surface area (Å²) < 4.78 is 5.49. The molecule has 0 saturated carbocycles. The third kappa shape index (κ3) is 4.85. The van der Waals surface area contributed by atoms with Crippen molar-refractivity contribution >= 4 is 17.5 Å². The molecule has 0 aliphatic rings. The van der Waals surface area contributed by atoms with Gasteiger partial charge >= 0.3 is 6.03 Å². The highest BCUT2D eigenvalue weighted by Crippen LogP contribution is 2.16. The maximum absolute atomic E-state index is 11.8. The lowest BCUT2D eigenvalue weighted by Gasteiger charge is -2.11. The van der Waals surface area contributed by atoms with Gasteiger partial charge in [-0.05, 0) is 56.2 Å². The van der Waals surface area contributed by atoms with Crippen LogP contribution in [0, 0.1) is 13.8 Å². The van der Waals surface area contributed by atoms with Crippen LogP contribution in [0.5, 0.6) is 5.75 Å². The van der Waals surface area contributed by atoms with Crippen molar-refractivity contribution < 1.29 is 14.3 Å². The van der Waals surface area contributed by atoms with Crippen molar-refractivity contribution in [2.45, 2.75) is 20.8 Å². The van der Waals surface area contributed by atoms with Crippen LogP contribution < -0.4 is 15.4 Å². The summed E-state index contributed by atoms with van der Waals surface area (Å²) in [5.41, 5.74) is 3.43. The van der Waals surface area contributed by atoms with Gasteiger partial charge in [-0.2, -0.15) is 0 Å². The van der Waals surface area contributed by atoms with E-state index in [-0.39, 0.29) is 12.5 Å². The Morgan fingerprint density at radius 1 is 1.04 bits per heavy atom. The predicted molar refractivity (Wildman–Crippen MR) is 90.0 cm³/mol. The fraction of sp³-hybridized carbons (Fsp3) is 0.222. The van der Waals surface area contributed by atoms with Crippen LogP contribution in [0.2, 0.25) is 0 Å². The Labute approximate surface area is 135 Å². The van der Waals surface area contributed by atoms with E-state index in [0.29, 0.717) is 17.0 Å². The summed E-state index contributed by atoms with van der Waals surface area (Å²) >= 11 is 0. The van der Waals surface area contributed by atoms with Gasteiger partial charge in [0.05, 0.1) is 0 Å². The first-order valence-electron chi connectivity index (χ1n) is 7.31. The molecular weight excluding hydrogens is 292 g/mol. The van der Waals surface area contributed by atoms with Gasteiger partial charge in [0.2, 0.25) is 0 Å². The molecule has 0 fully saturated rings. The van der Waals surface area contributed by atoms with E-state index in [0.717, 1.165) is 5.56 Å². The van der Waals surface area contributed by atoms with Gasteiger partial charge in [-0.25, -0.2) is 4.79 Å². The van der Waals surface area contributed by atoms with Crippen molar-refractivity contribution in [2.75, 3.05) is 12.0 Å². The van der Waals surface area contributed by atoms with E-state index in [2.05, 4.69) is 10.6 Å². The molecule has 0 heterocycles. The molecule has 2 N–H and O–H groups in total. The van der Waals surface area contributed by atoms with Gasteiger partial charge in [0.25, 0.3) is 0 Å². The summed E-state index contributed by atoms with van der Waals surface area (Å²) in [7, 11) is 0. The van der Waals surface area contributed by atoms with Crippen molar-refractivity contribution in [2.24, 2.45) is 0 Å². The van der Waals surface area contributed by atoms with E-state index in [1.54, 1.807) is 24.3 Å². The highest BCUT2D eigenvalue weighted by molar-refractivity contribution is 5.96. The smallest absolute Gasteiger partial charge is 0.321 e. The number of rotatable bonds is 5. The number of carbonyl (C=O) groups excluding carboxylic acids is 2. The number of amides is 2. The Hall–Kier alpha value is -2.82. The van der Waals surface area contributed by atoms with Gasteiger partial charge in [0, 0.05) is 11.3 Å². The number of urea groups is 1. The maximum Gasteiger partial charge on any atom is 0.321 e. The number of hydrogen-bond acceptors (Lipinski definition) is 3. The molecule has 0 spiro atoms. The molecule has 0 aromatic heterocycles. The molecule has 0 aliphatic carbocycles. The van der Waals surface area contributed by atoms with Crippen LogP contribution in [0.25, 0.3) is 0 Å². The largest absolute Gasteiger partial charge is 0.473 e. The number of ether oxygens (including phenoxy) is 1. The third-order valence-corrected chi connectivity index (χ3v) is 3.48. The molecule has 2 rings (SSSR count). The minimum Gasteiger partial charge on any atom is -0.473 e. The highest BCUT2D eigenvalue weighted by atomic mass is 16.5. The van der Waals surface area contributed by atoms with Crippen molar-refractivity contribution in [3.05, 3.63) is 59.2 Å². The summed E-state index contributed by atoms with van der Waals surface area (Å²) in [5.74, 6) is 0.652. The average molecular weight is 312 g/mol. The average Bonchev–Trinajstić information content (AvgIpc) is 2.51. The van der Waals surface area contributed by atoms with Crippen LogP contribution in [-0.2, 0) is 0 Å². The van der Waals surface area contributed by atoms with E-state index in [9.17, 15) is 9.59 Å². The van der Waals surface area contributed by atoms with E-state index >= 15 is 0 Å². The van der Waals surface area contributed by atoms with Crippen LogP contribution in [-0.4, -0.2) is 18.5 Å². The van der Waals surface area contributed by atoms with E-state index in [1.165, 1.54) is 12.5 Å². The lowest BCUT2D eigenvalue weighted by molar-refractivity contribution is 0.101. The van der Waals surface area contributed by atoms with Gasteiger partial charge in [-0.1, -0.05) is 18.2 Å². The van der Waals surface area contributed by atoms with Gasteiger partial charge in [0.1, 0.15) is 5.75 Å². The zero-order valence-electron chi connectivity index (χ0n) is 13.5. The first-order chi connectivity index (χ1) is 11.0. The Morgan fingerprint density at radius 3 is 2.52 bits per heavy atom. The van der Waals surface area contributed by atoms with Crippen molar-refractivity contribution in [1.82, 2.24) is 5.32 Å². The topological polar surface area (TPSA) is 67.4 Å². The number of carbonyl (C=O) groups is 2. The fourth-order valence-electron chi connectivity index (χ4n) is 1.98. The van der Waals surface area contributed by atoms with Crippen LogP contribution in [0.4, 0.5) is 10.5 Å². The van der Waals surface area contributed by atoms with Gasteiger partial charge in [-0.15, -0.1) is 0 Å². The zero-order chi connectivity index (χ0) is 16.8. The highest BCUT2D eigenvalue weighted by Gasteiger charge is 2.04. The molecule has 23 heavy (non-hydrogen) atoms. The number of benzene rings is 2. The van der Waals surface area contributed by atoms with Crippen LogP contribution in [0.3, 0.4) is 0 Å². The second-order valence-corrected chi connectivity index (χ2v) is 5.30. The molecule has 0 saturated heterocycles. The lowest BCUT2D eigenvalue weighted by Crippen LogP contribution is -2.32. The van der Waals surface area contributed by atoms with Gasteiger partial charge in [-0.3, -0.25) is 4.79 Å². The van der Waals surface area contributed by atoms with E-state index < -0.39 is 6.03 Å². The molecule has 0 atom stereocenters. The van der Waals surface area contributed by atoms with Crippen LogP contribution >= 0.6 is 0 Å². The molecule has 120 valence electrons. The Morgan fingerprint density at radius 2 is 1.83 bits per heavy atom. The third-order valence-electron chi connectivity index (χ3n) is 3.48. The second-order valence-electron chi connectivity index (χ2n) is 5.30.